The molecule has 2 aliphatic carbocycles. The summed E-state index contributed by atoms with van der Waals surface area (Å²) in [4.78, 5) is 12.6. The summed E-state index contributed by atoms with van der Waals surface area (Å²) in [6.07, 6.45) is 10.2. The Morgan fingerprint density at radius 3 is 2.19 bits per heavy atom. The fourth-order valence-corrected chi connectivity index (χ4v) is 4.10. The number of carbonyl (C=O) groups is 1. The van der Waals surface area contributed by atoms with E-state index in [0.717, 1.165) is 25.7 Å². The molecule has 5 nitrogen and oxygen atoms in total. The molecule has 27 heavy (non-hydrogen) atoms. The molecule has 0 unspecified atom stereocenters. The molecule has 1 aromatic rings. The van der Waals surface area contributed by atoms with E-state index in [1.807, 2.05) is 0 Å². The first-order chi connectivity index (χ1) is 13.1. The number of aliphatic hydroxyl groups is 1. The smallest absolute Gasteiger partial charge is 0.253 e. The number of nitrogens with one attached hydrogen (secondary N) is 3. The Morgan fingerprint density at radius 1 is 1.04 bits per heavy atom. The molecule has 3 rings (SSSR count). The van der Waals surface area contributed by atoms with Crippen molar-refractivity contribution in [3.63, 3.8) is 0 Å². The van der Waals surface area contributed by atoms with E-state index in [2.05, 4.69) is 16.0 Å². The number of aliphatic hydroxyl groups excluding tert-OH is 1. The van der Waals surface area contributed by atoms with E-state index >= 15 is 0 Å². The van der Waals surface area contributed by atoms with Crippen LogP contribution in [0.25, 0.3) is 0 Å². The number of benzene rings is 1. The minimum atomic E-state index is -0.403. The van der Waals surface area contributed by atoms with Gasteiger partial charge in [-0.05, 0) is 44.7 Å². The van der Waals surface area contributed by atoms with Gasteiger partial charge < -0.3 is 21.1 Å². The van der Waals surface area contributed by atoms with Gasteiger partial charge in [-0.2, -0.15) is 0 Å². The van der Waals surface area contributed by atoms with E-state index in [1.165, 1.54) is 38.2 Å². The lowest BCUT2D eigenvalue weighted by Crippen LogP contribution is -2.35. The minimum Gasteiger partial charge on any atom is -0.394 e. The summed E-state index contributed by atoms with van der Waals surface area (Å²) in [5, 5.41) is 18.7. The molecular weight excluding hydrogens is 345 g/mol. The van der Waals surface area contributed by atoms with Crippen LogP contribution in [0, 0.1) is 5.82 Å². The summed E-state index contributed by atoms with van der Waals surface area (Å²) in [7, 11) is 0. The van der Waals surface area contributed by atoms with Crippen LogP contribution in [0.4, 0.5) is 15.8 Å². The molecule has 2 aliphatic rings. The lowest BCUT2D eigenvalue weighted by atomic mass is 9.95. The second-order valence-electron chi connectivity index (χ2n) is 8.04. The van der Waals surface area contributed by atoms with Crippen molar-refractivity contribution in [3.05, 3.63) is 23.5 Å². The topological polar surface area (TPSA) is 73.4 Å². The summed E-state index contributed by atoms with van der Waals surface area (Å²) in [6.45, 7) is 1.57. The molecule has 4 N–H and O–H groups in total. The molecule has 1 aromatic carbocycles. The number of rotatable bonds is 7. The molecule has 0 heterocycles. The van der Waals surface area contributed by atoms with Crippen molar-refractivity contribution >= 4 is 17.3 Å². The summed E-state index contributed by atoms with van der Waals surface area (Å²) >= 11 is 0. The number of hydrogen-bond donors (Lipinski definition) is 4. The van der Waals surface area contributed by atoms with Gasteiger partial charge in [0.1, 0.15) is 5.82 Å². The average Bonchev–Trinajstić information content (AvgIpc) is 3.18. The molecule has 150 valence electrons. The van der Waals surface area contributed by atoms with Gasteiger partial charge >= 0.3 is 0 Å². The summed E-state index contributed by atoms with van der Waals surface area (Å²) in [5.74, 6) is -0.764. The summed E-state index contributed by atoms with van der Waals surface area (Å²) in [5.41, 5.74) is 1.44. The maximum atomic E-state index is 14.8. The molecule has 0 bridgehead atoms. The van der Waals surface area contributed by atoms with Gasteiger partial charge in [-0.1, -0.05) is 32.1 Å². The Balaban J connectivity index is 1.83. The maximum Gasteiger partial charge on any atom is 0.253 e. The fourth-order valence-electron chi connectivity index (χ4n) is 4.10. The van der Waals surface area contributed by atoms with Crippen LogP contribution in [0.3, 0.4) is 0 Å². The highest BCUT2D eigenvalue weighted by Gasteiger charge is 2.22. The van der Waals surface area contributed by atoms with Gasteiger partial charge in [-0.3, -0.25) is 4.79 Å². The third kappa shape index (κ3) is 5.34. The summed E-state index contributed by atoms with van der Waals surface area (Å²) < 4.78 is 14.8. The Bertz CT molecular complexity index is 641. The zero-order valence-electron chi connectivity index (χ0n) is 16.2. The van der Waals surface area contributed by atoms with E-state index in [-0.39, 0.29) is 18.6 Å². The molecule has 1 amide bonds. The van der Waals surface area contributed by atoms with Crippen LogP contribution in [-0.4, -0.2) is 35.7 Å². The van der Waals surface area contributed by atoms with Crippen molar-refractivity contribution in [3.8, 4) is 0 Å². The average molecular weight is 378 g/mol. The molecule has 0 aromatic heterocycles. The Morgan fingerprint density at radius 2 is 1.59 bits per heavy atom. The van der Waals surface area contributed by atoms with E-state index < -0.39 is 5.82 Å². The van der Waals surface area contributed by atoms with E-state index in [0.29, 0.717) is 29.0 Å². The van der Waals surface area contributed by atoms with Gasteiger partial charge in [0.05, 0.1) is 17.9 Å². The molecule has 6 heteroatoms. The zero-order chi connectivity index (χ0) is 19.2. The molecular formula is C21H32FN3O2. The normalized spacial score (nSPS) is 19.7. The largest absolute Gasteiger partial charge is 0.394 e. The van der Waals surface area contributed by atoms with E-state index in [1.54, 1.807) is 13.0 Å². The second kappa shape index (κ2) is 9.40. The number of amides is 1. The van der Waals surface area contributed by atoms with E-state index in [9.17, 15) is 14.3 Å². The van der Waals surface area contributed by atoms with Crippen molar-refractivity contribution in [2.45, 2.75) is 82.8 Å². The van der Waals surface area contributed by atoms with Crippen LogP contribution >= 0.6 is 0 Å². The quantitative estimate of drug-likeness (QED) is 0.579. The Kier molecular flexibility index (Phi) is 6.94. The third-order valence-corrected chi connectivity index (χ3v) is 5.68. The molecule has 2 saturated carbocycles. The lowest BCUT2D eigenvalue weighted by molar-refractivity contribution is 0.0922. The van der Waals surface area contributed by atoms with Crippen LogP contribution in [0.15, 0.2) is 12.1 Å². The fraction of sp³-hybridized carbons (Fsp3) is 0.667. The van der Waals surface area contributed by atoms with Crippen LogP contribution in [0.1, 0.15) is 75.1 Å². The van der Waals surface area contributed by atoms with Gasteiger partial charge in [0.15, 0.2) is 0 Å². The number of halogens is 1. The van der Waals surface area contributed by atoms with Gasteiger partial charge in [0.25, 0.3) is 5.91 Å². The molecule has 1 atom stereocenters. The van der Waals surface area contributed by atoms with Crippen LogP contribution in [0.2, 0.25) is 0 Å². The first-order valence-electron chi connectivity index (χ1n) is 10.3. The number of hydrogen-bond acceptors (Lipinski definition) is 4. The van der Waals surface area contributed by atoms with Crippen LogP contribution in [-0.2, 0) is 0 Å². The Labute approximate surface area is 161 Å². The van der Waals surface area contributed by atoms with Gasteiger partial charge in [-0.25, -0.2) is 4.39 Å². The number of carbonyl (C=O) groups excluding carboxylic acids is 1. The monoisotopic (exact) mass is 377 g/mol. The highest BCUT2D eigenvalue weighted by Crippen LogP contribution is 2.31. The zero-order valence-corrected chi connectivity index (χ0v) is 16.2. The second-order valence-corrected chi connectivity index (χ2v) is 8.04. The van der Waals surface area contributed by atoms with Crippen molar-refractivity contribution in [1.29, 1.82) is 0 Å². The Hall–Kier alpha value is -1.82. The highest BCUT2D eigenvalue weighted by molar-refractivity contribution is 6.00. The third-order valence-electron chi connectivity index (χ3n) is 5.68. The van der Waals surface area contributed by atoms with Crippen molar-refractivity contribution in [2.24, 2.45) is 0 Å². The molecule has 0 radical (unpaired) electrons. The van der Waals surface area contributed by atoms with E-state index in [4.69, 9.17) is 0 Å². The SMILES string of the molecule is C[C@@H](CO)NC(=O)c1cc(F)c(NC2CCCCC2)cc1NC1CCCC1. The van der Waals surface area contributed by atoms with Crippen LogP contribution < -0.4 is 16.0 Å². The van der Waals surface area contributed by atoms with Crippen molar-refractivity contribution in [2.75, 3.05) is 17.2 Å². The first-order valence-corrected chi connectivity index (χ1v) is 10.3. The van der Waals surface area contributed by atoms with Gasteiger partial charge in [0, 0.05) is 23.8 Å². The highest BCUT2D eigenvalue weighted by atomic mass is 19.1. The minimum absolute atomic E-state index is 0.152. The number of anilines is 2. The molecule has 0 saturated heterocycles. The molecule has 0 spiro atoms. The van der Waals surface area contributed by atoms with Crippen LogP contribution in [0.5, 0.6) is 0 Å². The van der Waals surface area contributed by atoms with Gasteiger partial charge in [0.2, 0.25) is 0 Å². The van der Waals surface area contributed by atoms with Crippen molar-refractivity contribution < 1.29 is 14.3 Å². The predicted molar refractivity (Wildman–Crippen MR) is 107 cm³/mol. The standard InChI is InChI=1S/C21H32FN3O2/c1-14(13-26)23-21(27)17-11-18(22)20(25-16-7-3-2-4-8-16)12-19(17)24-15-9-5-6-10-15/h11-12,14-16,24-26H,2-10,13H2,1H3,(H,23,27)/t14-/m0/s1. The summed E-state index contributed by atoms with van der Waals surface area (Å²) in [6, 6.07) is 3.31. The lowest BCUT2D eigenvalue weighted by Gasteiger charge is -2.25. The van der Waals surface area contributed by atoms with Gasteiger partial charge in [-0.15, -0.1) is 0 Å². The molecule has 0 aliphatic heterocycles. The molecule has 2 fully saturated rings. The van der Waals surface area contributed by atoms with Crippen molar-refractivity contribution in [1.82, 2.24) is 5.32 Å². The maximum absolute atomic E-state index is 14.8. The first kappa shape index (κ1) is 19.9. The predicted octanol–water partition coefficient (Wildman–Crippen LogP) is 4.04.